The fourth-order valence-corrected chi connectivity index (χ4v) is 5.63. The zero-order valence-electron chi connectivity index (χ0n) is 22.7. The third-order valence-corrected chi connectivity index (χ3v) is 9.03. The number of rotatable bonds is 11. The van der Waals surface area contributed by atoms with Gasteiger partial charge >= 0.3 is 0 Å². The van der Waals surface area contributed by atoms with Crippen LogP contribution in [0.4, 0.5) is 10.1 Å². The molecule has 3 rings (SSSR count). The zero-order chi connectivity index (χ0) is 29.6. The van der Waals surface area contributed by atoms with Gasteiger partial charge in [0.1, 0.15) is 18.4 Å². The van der Waals surface area contributed by atoms with Crippen LogP contribution in [0.2, 0.25) is 10.0 Å². The summed E-state index contributed by atoms with van der Waals surface area (Å²) in [7, 11) is -4.37. The van der Waals surface area contributed by atoms with Gasteiger partial charge in [0.05, 0.1) is 20.6 Å². The molecule has 40 heavy (non-hydrogen) atoms. The van der Waals surface area contributed by atoms with E-state index in [1.165, 1.54) is 35.2 Å². The molecule has 0 aromatic heterocycles. The molecule has 2 amide bonds. The Kier molecular flexibility index (Phi) is 10.6. The zero-order valence-corrected chi connectivity index (χ0v) is 25.0. The fourth-order valence-electron chi connectivity index (χ4n) is 3.89. The second-order valence-corrected chi connectivity index (χ2v) is 12.2. The molecule has 0 aliphatic rings. The second-order valence-electron chi connectivity index (χ2n) is 9.54. The van der Waals surface area contributed by atoms with Crippen LogP contribution >= 0.6 is 23.2 Å². The Hall–Kier alpha value is -3.14. The Morgan fingerprint density at radius 3 is 2.23 bits per heavy atom. The van der Waals surface area contributed by atoms with Gasteiger partial charge in [-0.15, -0.1) is 0 Å². The number of aryl methyl sites for hydroxylation is 1. The highest BCUT2D eigenvalue weighted by atomic mass is 35.5. The van der Waals surface area contributed by atoms with E-state index in [9.17, 15) is 22.4 Å². The van der Waals surface area contributed by atoms with Gasteiger partial charge in [-0.05, 0) is 69.2 Å². The van der Waals surface area contributed by atoms with E-state index in [-0.39, 0.29) is 28.2 Å². The van der Waals surface area contributed by atoms with Gasteiger partial charge < -0.3 is 10.2 Å². The van der Waals surface area contributed by atoms with Crippen molar-refractivity contribution >= 4 is 50.7 Å². The molecule has 214 valence electrons. The normalized spacial score (nSPS) is 12.9. The number of benzene rings is 3. The minimum absolute atomic E-state index is 0.0689. The molecule has 0 heterocycles. The minimum Gasteiger partial charge on any atom is -0.352 e. The molecule has 2 unspecified atom stereocenters. The first-order chi connectivity index (χ1) is 18.8. The smallest absolute Gasteiger partial charge is 0.264 e. The van der Waals surface area contributed by atoms with Crippen LogP contribution in [0.15, 0.2) is 71.6 Å². The van der Waals surface area contributed by atoms with Crippen molar-refractivity contribution in [3.8, 4) is 0 Å². The first-order valence-electron chi connectivity index (χ1n) is 12.7. The highest BCUT2D eigenvalue weighted by molar-refractivity contribution is 7.92. The van der Waals surface area contributed by atoms with Gasteiger partial charge in [-0.2, -0.15) is 0 Å². The lowest BCUT2D eigenvalue weighted by atomic mass is 10.1. The van der Waals surface area contributed by atoms with E-state index in [0.29, 0.717) is 17.0 Å². The molecular weight excluding hydrogens is 576 g/mol. The van der Waals surface area contributed by atoms with Crippen molar-refractivity contribution in [2.75, 3.05) is 10.8 Å². The predicted molar refractivity (Wildman–Crippen MR) is 156 cm³/mol. The lowest BCUT2D eigenvalue weighted by Crippen LogP contribution is -2.52. The van der Waals surface area contributed by atoms with Gasteiger partial charge in [-0.25, -0.2) is 12.8 Å². The number of hydrogen-bond donors (Lipinski definition) is 1. The Morgan fingerprint density at radius 2 is 1.62 bits per heavy atom. The molecule has 7 nitrogen and oxygen atoms in total. The number of amides is 2. The summed E-state index contributed by atoms with van der Waals surface area (Å²) in [6.45, 7) is 6.29. The van der Waals surface area contributed by atoms with Gasteiger partial charge in [0.2, 0.25) is 11.8 Å². The quantitative estimate of drug-likeness (QED) is 0.291. The number of para-hydroxylation sites is 1. The van der Waals surface area contributed by atoms with Gasteiger partial charge in [-0.3, -0.25) is 13.9 Å². The van der Waals surface area contributed by atoms with Crippen LogP contribution in [0.5, 0.6) is 0 Å². The Bertz CT molecular complexity index is 1470. The monoisotopic (exact) mass is 607 g/mol. The highest BCUT2D eigenvalue weighted by Crippen LogP contribution is 2.28. The second kappa shape index (κ2) is 13.5. The summed E-state index contributed by atoms with van der Waals surface area (Å²) in [6.07, 6.45) is 0.676. The van der Waals surface area contributed by atoms with E-state index in [4.69, 9.17) is 23.2 Å². The van der Waals surface area contributed by atoms with E-state index >= 15 is 0 Å². The summed E-state index contributed by atoms with van der Waals surface area (Å²) in [6, 6.07) is 15.0. The molecule has 2 atom stereocenters. The molecule has 0 saturated carbocycles. The standard InChI is InChI=1S/C29H32Cl2FN3O4S/c1-5-20(3)33-29(37)21(4)34(17-22-12-15-24(30)25(31)16-22)28(36)18-35(27-9-7-6-8-26(27)32)40(38,39)23-13-10-19(2)11-14-23/h6-16,20-21H,5,17-18H2,1-4H3,(H,33,37). The highest BCUT2D eigenvalue weighted by Gasteiger charge is 2.33. The molecule has 3 aromatic carbocycles. The van der Waals surface area contributed by atoms with E-state index in [1.807, 2.05) is 13.8 Å². The van der Waals surface area contributed by atoms with Crippen LogP contribution in [-0.4, -0.2) is 43.8 Å². The van der Waals surface area contributed by atoms with Crippen LogP contribution in [0.25, 0.3) is 0 Å². The first-order valence-corrected chi connectivity index (χ1v) is 14.9. The molecule has 0 aliphatic heterocycles. The van der Waals surface area contributed by atoms with Crippen molar-refractivity contribution in [2.45, 2.75) is 57.6 Å². The van der Waals surface area contributed by atoms with Crippen LogP contribution in [0, 0.1) is 12.7 Å². The molecule has 11 heteroatoms. The summed E-state index contributed by atoms with van der Waals surface area (Å²) in [5.41, 5.74) is 1.12. The van der Waals surface area contributed by atoms with Crippen molar-refractivity contribution < 1.29 is 22.4 Å². The Balaban J connectivity index is 2.05. The predicted octanol–water partition coefficient (Wildman–Crippen LogP) is 5.97. The maximum atomic E-state index is 15.0. The molecular formula is C29H32Cl2FN3O4S. The van der Waals surface area contributed by atoms with Crippen molar-refractivity contribution in [2.24, 2.45) is 0 Å². The van der Waals surface area contributed by atoms with Crippen LogP contribution in [0.1, 0.15) is 38.3 Å². The van der Waals surface area contributed by atoms with Crippen molar-refractivity contribution in [3.63, 3.8) is 0 Å². The van der Waals surface area contributed by atoms with Crippen LogP contribution < -0.4 is 9.62 Å². The third kappa shape index (κ3) is 7.53. The molecule has 0 radical (unpaired) electrons. The average Bonchev–Trinajstić information content (AvgIpc) is 2.92. The van der Waals surface area contributed by atoms with E-state index < -0.39 is 40.2 Å². The molecule has 3 aromatic rings. The van der Waals surface area contributed by atoms with E-state index in [1.54, 1.807) is 44.2 Å². The molecule has 1 N–H and O–H groups in total. The number of halogens is 3. The summed E-state index contributed by atoms with van der Waals surface area (Å²) < 4.78 is 43.2. The summed E-state index contributed by atoms with van der Waals surface area (Å²) >= 11 is 12.2. The summed E-state index contributed by atoms with van der Waals surface area (Å²) in [5, 5.41) is 3.44. The van der Waals surface area contributed by atoms with Crippen molar-refractivity contribution in [1.82, 2.24) is 10.2 Å². The minimum atomic E-state index is -4.37. The third-order valence-electron chi connectivity index (χ3n) is 6.51. The molecule has 0 spiro atoms. The number of hydrogen-bond acceptors (Lipinski definition) is 4. The first kappa shape index (κ1) is 31.4. The topological polar surface area (TPSA) is 86.8 Å². The van der Waals surface area contributed by atoms with Gasteiger partial charge in [0.15, 0.2) is 0 Å². The number of anilines is 1. The Labute approximate surface area is 244 Å². The van der Waals surface area contributed by atoms with E-state index in [0.717, 1.165) is 15.9 Å². The van der Waals surface area contributed by atoms with Crippen molar-refractivity contribution in [3.05, 3.63) is 93.7 Å². The molecule has 0 fully saturated rings. The maximum Gasteiger partial charge on any atom is 0.264 e. The average molecular weight is 609 g/mol. The molecule has 0 bridgehead atoms. The fraction of sp³-hybridized carbons (Fsp3) is 0.310. The number of carbonyl (C=O) groups excluding carboxylic acids is 2. The SMILES string of the molecule is CCC(C)NC(=O)C(C)N(Cc1ccc(Cl)c(Cl)c1)C(=O)CN(c1ccccc1F)S(=O)(=O)c1ccc(C)cc1. The summed E-state index contributed by atoms with van der Waals surface area (Å²) in [4.78, 5) is 28.1. The lowest BCUT2D eigenvalue weighted by Gasteiger charge is -2.32. The Morgan fingerprint density at radius 1 is 0.975 bits per heavy atom. The molecule has 0 saturated heterocycles. The largest absolute Gasteiger partial charge is 0.352 e. The van der Waals surface area contributed by atoms with Crippen LogP contribution in [-0.2, 0) is 26.2 Å². The molecule has 0 aliphatic carbocycles. The van der Waals surface area contributed by atoms with Gasteiger partial charge in [0.25, 0.3) is 10.0 Å². The van der Waals surface area contributed by atoms with Crippen LogP contribution in [0.3, 0.4) is 0 Å². The van der Waals surface area contributed by atoms with Crippen molar-refractivity contribution in [1.29, 1.82) is 0 Å². The van der Waals surface area contributed by atoms with E-state index in [2.05, 4.69) is 5.32 Å². The number of sulfonamides is 1. The van der Waals surface area contributed by atoms with Gasteiger partial charge in [0, 0.05) is 12.6 Å². The number of carbonyl (C=O) groups is 2. The number of nitrogens with one attached hydrogen (secondary N) is 1. The summed E-state index contributed by atoms with van der Waals surface area (Å²) in [5.74, 6) is -1.94. The lowest BCUT2D eigenvalue weighted by molar-refractivity contribution is -0.139. The number of nitrogens with zero attached hydrogens (tertiary/aromatic N) is 2. The maximum absolute atomic E-state index is 15.0. The van der Waals surface area contributed by atoms with Gasteiger partial charge in [-0.1, -0.05) is 66.0 Å².